The molecule has 1 aromatic carbocycles. The lowest BCUT2D eigenvalue weighted by Gasteiger charge is -2.16. The summed E-state index contributed by atoms with van der Waals surface area (Å²) >= 11 is 1.14. The number of aromatic nitrogens is 4. The third-order valence-corrected chi connectivity index (χ3v) is 5.40. The van der Waals surface area contributed by atoms with Gasteiger partial charge < -0.3 is 15.0 Å². The highest BCUT2D eigenvalue weighted by Gasteiger charge is 2.23. The summed E-state index contributed by atoms with van der Waals surface area (Å²) in [4.78, 5) is 39.5. The number of nitrogens with one attached hydrogen (secondary N) is 3. The number of ether oxygens (including phenoxy) is 1. The minimum atomic E-state index is -0.815. The summed E-state index contributed by atoms with van der Waals surface area (Å²) in [6.07, 6.45) is 2.90. The number of amides is 1. The second kappa shape index (κ2) is 9.46. The van der Waals surface area contributed by atoms with Crippen molar-refractivity contribution >= 4 is 34.5 Å². The molecule has 2 aromatic heterocycles. The van der Waals surface area contributed by atoms with Crippen molar-refractivity contribution < 1.29 is 14.3 Å². The third kappa shape index (κ3) is 4.89. The Morgan fingerprint density at radius 3 is 2.90 bits per heavy atom. The first-order chi connectivity index (χ1) is 14.0. The third-order valence-electron chi connectivity index (χ3n) is 4.42. The van der Waals surface area contributed by atoms with Gasteiger partial charge in [-0.25, -0.2) is 14.7 Å². The molecule has 154 valence electrons. The number of nitrogens with zero attached hydrogens (tertiary/aromatic N) is 2. The summed E-state index contributed by atoms with van der Waals surface area (Å²) in [6.45, 7) is 2.47. The van der Waals surface area contributed by atoms with Gasteiger partial charge in [-0.1, -0.05) is 36.9 Å². The normalized spacial score (nSPS) is 12.1. The maximum absolute atomic E-state index is 12.4. The van der Waals surface area contributed by atoms with Crippen molar-refractivity contribution in [1.82, 2.24) is 25.1 Å². The number of esters is 1. The number of thioether (sulfide) groups is 1. The number of carbonyl (C=O) groups excluding carboxylic acids is 2. The van der Waals surface area contributed by atoms with E-state index in [-0.39, 0.29) is 17.3 Å². The quantitative estimate of drug-likeness (QED) is 0.358. The zero-order valence-corrected chi connectivity index (χ0v) is 17.0. The highest BCUT2D eigenvalue weighted by Crippen LogP contribution is 2.19. The Kier molecular flexibility index (Phi) is 6.76. The molecular weight excluding hydrogens is 394 g/mol. The minimum Gasteiger partial charge on any atom is -0.467 e. The number of rotatable bonds is 9. The first-order valence-electron chi connectivity index (χ1n) is 9.23. The zero-order chi connectivity index (χ0) is 20.8. The average molecular weight is 417 g/mol. The second-order valence-electron chi connectivity index (χ2n) is 6.46. The number of fused-ring (bicyclic) bond motifs is 1. The van der Waals surface area contributed by atoms with Crippen LogP contribution in [0.5, 0.6) is 0 Å². The maximum atomic E-state index is 12.4. The summed E-state index contributed by atoms with van der Waals surface area (Å²) in [7, 11) is 1.29. The lowest BCUT2D eigenvalue weighted by molar-refractivity contribution is -0.144. The molecule has 0 aliphatic carbocycles. The van der Waals surface area contributed by atoms with Crippen molar-refractivity contribution in [3.05, 3.63) is 46.5 Å². The van der Waals surface area contributed by atoms with Gasteiger partial charge in [0, 0.05) is 30.1 Å². The average Bonchev–Trinajstić information content (AvgIpc) is 3.29. The van der Waals surface area contributed by atoms with Crippen molar-refractivity contribution in [3.8, 4) is 0 Å². The van der Waals surface area contributed by atoms with E-state index in [2.05, 4.69) is 20.5 Å². The molecule has 0 spiro atoms. The molecular formula is C19H23N5O4S. The predicted molar refractivity (Wildman–Crippen MR) is 110 cm³/mol. The van der Waals surface area contributed by atoms with Gasteiger partial charge >= 0.3 is 11.7 Å². The lowest BCUT2D eigenvalue weighted by atomic mass is 10.0. The SMILES string of the molecule is CCCn1c(SCC(=O)N[C@@H](Cc2c[nH]c3ccccc23)C(=O)OC)n[nH]c1=O. The predicted octanol–water partition coefficient (Wildman–Crippen LogP) is 1.46. The van der Waals surface area contributed by atoms with Crippen LogP contribution in [-0.2, 0) is 27.3 Å². The molecule has 10 heteroatoms. The molecule has 29 heavy (non-hydrogen) atoms. The summed E-state index contributed by atoms with van der Waals surface area (Å²) in [6, 6.07) is 6.93. The van der Waals surface area contributed by atoms with E-state index >= 15 is 0 Å². The fraction of sp³-hybridized carbons (Fsp3) is 0.368. The van der Waals surface area contributed by atoms with Gasteiger partial charge in [0.1, 0.15) is 6.04 Å². The van der Waals surface area contributed by atoms with Gasteiger partial charge in [0.25, 0.3) is 0 Å². The molecule has 0 saturated heterocycles. The number of aromatic amines is 2. The van der Waals surface area contributed by atoms with E-state index in [4.69, 9.17) is 4.74 Å². The minimum absolute atomic E-state index is 0.0232. The molecule has 0 radical (unpaired) electrons. The van der Waals surface area contributed by atoms with Crippen molar-refractivity contribution in [2.24, 2.45) is 0 Å². The van der Waals surface area contributed by atoms with E-state index in [9.17, 15) is 14.4 Å². The molecule has 0 unspecified atom stereocenters. The number of carbonyl (C=O) groups is 2. The van der Waals surface area contributed by atoms with Crippen LogP contribution in [0, 0.1) is 0 Å². The molecule has 0 bridgehead atoms. The molecule has 9 nitrogen and oxygen atoms in total. The van der Waals surface area contributed by atoms with Crippen molar-refractivity contribution in [2.75, 3.05) is 12.9 Å². The molecule has 1 atom stereocenters. The van der Waals surface area contributed by atoms with E-state index < -0.39 is 12.0 Å². The van der Waals surface area contributed by atoms with E-state index in [0.717, 1.165) is 34.6 Å². The Morgan fingerprint density at radius 1 is 1.34 bits per heavy atom. The number of H-pyrrole nitrogens is 2. The van der Waals surface area contributed by atoms with Crippen molar-refractivity contribution in [2.45, 2.75) is 37.5 Å². The molecule has 0 saturated carbocycles. The van der Waals surface area contributed by atoms with E-state index in [1.807, 2.05) is 37.4 Å². The molecule has 0 aliphatic heterocycles. The first kappa shape index (κ1) is 20.7. The summed E-state index contributed by atoms with van der Waals surface area (Å²) in [5, 5.41) is 10.5. The van der Waals surface area contributed by atoms with E-state index in [0.29, 0.717) is 18.1 Å². The van der Waals surface area contributed by atoms with Gasteiger partial charge in [-0.05, 0) is 18.1 Å². The van der Waals surface area contributed by atoms with Crippen LogP contribution in [0.1, 0.15) is 18.9 Å². The van der Waals surface area contributed by atoms with Crippen LogP contribution in [-0.4, -0.2) is 50.5 Å². The van der Waals surface area contributed by atoms with E-state index in [1.54, 1.807) is 0 Å². The Bertz CT molecular complexity index is 1050. The second-order valence-corrected chi connectivity index (χ2v) is 7.40. The highest BCUT2D eigenvalue weighted by molar-refractivity contribution is 7.99. The molecule has 3 rings (SSSR count). The van der Waals surface area contributed by atoms with Crippen LogP contribution in [0.25, 0.3) is 10.9 Å². The van der Waals surface area contributed by atoms with Gasteiger partial charge in [-0.3, -0.25) is 9.36 Å². The van der Waals surface area contributed by atoms with Crippen molar-refractivity contribution in [3.63, 3.8) is 0 Å². The molecule has 3 N–H and O–H groups in total. The molecule has 0 fully saturated rings. The first-order valence-corrected chi connectivity index (χ1v) is 10.2. The molecule has 3 aromatic rings. The van der Waals surface area contributed by atoms with Crippen LogP contribution in [0.3, 0.4) is 0 Å². The summed E-state index contributed by atoms with van der Waals surface area (Å²) in [5.74, 6) is -0.838. The molecule has 1 amide bonds. The van der Waals surface area contributed by atoms with Crippen LogP contribution in [0.4, 0.5) is 0 Å². The number of hydrogen-bond donors (Lipinski definition) is 3. The van der Waals surface area contributed by atoms with Crippen LogP contribution >= 0.6 is 11.8 Å². The monoisotopic (exact) mass is 417 g/mol. The van der Waals surface area contributed by atoms with Crippen molar-refractivity contribution in [1.29, 1.82) is 0 Å². The summed E-state index contributed by atoms with van der Waals surface area (Å²) < 4.78 is 6.35. The van der Waals surface area contributed by atoms with Crippen LogP contribution in [0.2, 0.25) is 0 Å². The van der Waals surface area contributed by atoms with Gasteiger partial charge in [-0.15, -0.1) is 5.10 Å². The van der Waals surface area contributed by atoms with Crippen LogP contribution < -0.4 is 11.0 Å². The summed E-state index contributed by atoms with van der Waals surface area (Å²) in [5.41, 5.74) is 1.56. The van der Waals surface area contributed by atoms with Crippen LogP contribution in [0.15, 0.2) is 40.4 Å². The van der Waals surface area contributed by atoms with Gasteiger partial charge in [0.15, 0.2) is 5.16 Å². The fourth-order valence-corrected chi connectivity index (χ4v) is 3.84. The molecule has 0 aliphatic rings. The Morgan fingerprint density at radius 2 is 2.14 bits per heavy atom. The largest absolute Gasteiger partial charge is 0.467 e. The topological polar surface area (TPSA) is 122 Å². The highest BCUT2D eigenvalue weighted by atomic mass is 32.2. The standard InChI is InChI=1S/C19H23N5O4S/c1-3-8-24-18(27)22-23-19(24)29-11-16(25)21-15(17(26)28-2)9-12-10-20-14-7-5-4-6-13(12)14/h4-7,10,15,20H,3,8-9,11H2,1-2H3,(H,21,25)(H,22,27)/t15-/m0/s1. The van der Waals surface area contributed by atoms with Gasteiger partial charge in [0.2, 0.25) is 5.91 Å². The smallest absolute Gasteiger partial charge is 0.343 e. The van der Waals surface area contributed by atoms with Gasteiger partial charge in [0.05, 0.1) is 12.9 Å². The van der Waals surface area contributed by atoms with Gasteiger partial charge in [-0.2, -0.15) is 0 Å². The zero-order valence-electron chi connectivity index (χ0n) is 16.2. The maximum Gasteiger partial charge on any atom is 0.343 e. The number of hydrogen-bond acceptors (Lipinski definition) is 6. The Hall–Kier alpha value is -3.01. The fourth-order valence-electron chi connectivity index (χ4n) is 3.06. The van der Waals surface area contributed by atoms with E-state index in [1.165, 1.54) is 11.7 Å². The number of methoxy groups -OCH3 is 1. The number of para-hydroxylation sites is 1. The Labute approximate surface area is 171 Å². The lowest BCUT2D eigenvalue weighted by Crippen LogP contribution is -2.43. The molecule has 2 heterocycles. The number of benzene rings is 1. The Balaban J connectivity index is 1.66.